The Labute approximate surface area is 180 Å². The van der Waals surface area contributed by atoms with Crippen molar-refractivity contribution in [1.82, 2.24) is 20.1 Å². The first-order valence-corrected chi connectivity index (χ1v) is 11.0. The summed E-state index contributed by atoms with van der Waals surface area (Å²) in [5, 5.41) is 6.75. The molecule has 1 fully saturated rings. The standard InChI is InChI=1S/C23H36N6O/c1-3-24-23(26-12-16-27-13-4-5-14-27)25-11-6-15-28-17-19-29(20-18-28)21-7-9-22(30-2)10-8-21/h4-5,7-10,13-14H,3,6,11-12,15-20H2,1-2H3,(H2,24,25,26). The molecule has 3 rings (SSSR count). The van der Waals surface area contributed by atoms with Crippen molar-refractivity contribution in [2.45, 2.75) is 19.9 Å². The van der Waals surface area contributed by atoms with Crippen molar-refractivity contribution in [3.8, 4) is 5.75 Å². The summed E-state index contributed by atoms with van der Waals surface area (Å²) < 4.78 is 7.42. The number of rotatable bonds is 10. The summed E-state index contributed by atoms with van der Waals surface area (Å²) in [6, 6.07) is 12.5. The number of hydrogen-bond donors (Lipinski definition) is 2. The molecule has 1 aromatic heterocycles. The van der Waals surface area contributed by atoms with E-state index in [-0.39, 0.29) is 0 Å². The maximum Gasteiger partial charge on any atom is 0.191 e. The van der Waals surface area contributed by atoms with Crippen molar-refractivity contribution in [3.05, 3.63) is 48.8 Å². The quantitative estimate of drug-likeness (QED) is 0.356. The zero-order chi connectivity index (χ0) is 21.0. The second-order valence-corrected chi connectivity index (χ2v) is 7.49. The molecule has 2 aromatic rings. The van der Waals surface area contributed by atoms with Gasteiger partial charge in [0.1, 0.15) is 5.75 Å². The SMILES string of the molecule is CCNC(=NCCCN1CCN(c2ccc(OC)cc2)CC1)NCCn1cccc1. The number of anilines is 1. The molecule has 1 aliphatic rings. The van der Waals surface area contributed by atoms with E-state index in [1.54, 1.807) is 7.11 Å². The zero-order valence-electron chi connectivity index (χ0n) is 18.4. The van der Waals surface area contributed by atoms with Gasteiger partial charge in [-0.1, -0.05) is 0 Å². The minimum absolute atomic E-state index is 0.845. The van der Waals surface area contributed by atoms with Gasteiger partial charge in [-0.15, -0.1) is 0 Å². The maximum atomic E-state index is 5.25. The van der Waals surface area contributed by atoms with Crippen LogP contribution in [0.2, 0.25) is 0 Å². The molecule has 0 amide bonds. The summed E-state index contributed by atoms with van der Waals surface area (Å²) in [5.74, 6) is 1.82. The minimum atomic E-state index is 0.845. The van der Waals surface area contributed by atoms with Gasteiger partial charge in [0, 0.05) is 77.0 Å². The zero-order valence-corrected chi connectivity index (χ0v) is 18.4. The first-order chi connectivity index (χ1) is 14.8. The Bertz CT molecular complexity index is 736. The van der Waals surface area contributed by atoms with E-state index in [9.17, 15) is 0 Å². The monoisotopic (exact) mass is 412 g/mol. The first-order valence-electron chi connectivity index (χ1n) is 11.0. The van der Waals surface area contributed by atoms with Crippen LogP contribution in [0.25, 0.3) is 0 Å². The highest BCUT2D eigenvalue weighted by molar-refractivity contribution is 5.79. The topological polar surface area (TPSA) is 57.1 Å². The van der Waals surface area contributed by atoms with Gasteiger partial charge in [0.05, 0.1) is 7.11 Å². The number of nitrogens with one attached hydrogen (secondary N) is 2. The number of ether oxygens (including phenoxy) is 1. The van der Waals surface area contributed by atoms with E-state index >= 15 is 0 Å². The molecule has 1 saturated heterocycles. The Hall–Kier alpha value is -2.67. The van der Waals surface area contributed by atoms with Crippen molar-refractivity contribution < 1.29 is 4.74 Å². The number of aliphatic imine (C=N–C) groups is 1. The molecule has 0 spiro atoms. The van der Waals surface area contributed by atoms with Crippen molar-refractivity contribution >= 4 is 11.6 Å². The molecule has 0 aliphatic carbocycles. The summed E-state index contributed by atoms with van der Waals surface area (Å²) in [6.45, 7) is 11.1. The van der Waals surface area contributed by atoms with Gasteiger partial charge < -0.3 is 24.8 Å². The van der Waals surface area contributed by atoms with Crippen LogP contribution < -0.4 is 20.3 Å². The van der Waals surface area contributed by atoms with Gasteiger partial charge in [0.2, 0.25) is 0 Å². The van der Waals surface area contributed by atoms with E-state index in [2.05, 4.69) is 68.6 Å². The minimum Gasteiger partial charge on any atom is -0.497 e. The Morgan fingerprint density at radius 3 is 2.40 bits per heavy atom. The van der Waals surface area contributed by atoms with E-state index in [0.29, 0.717) is 0 Å². The lowest BCUT2D eigenvalue weighted by Gasteiger charge is -2.36. The average molecular weight is 413 g/mol. The number of benzene rings is 1. The lowest BCUT2D eigenvalue weighted by Crippen LogP contribution is -2.46. The number of hydrogen-bond acceptors (Lipinski definition) is 4. The lowest BCUT2D eigenvalue weighted by atomic mass is 10.2. The summed E-state index contributed by atoms with van der Waals surface area (Å²) >= 11 is 0. The van der Waals surface area contributed by atoms with E-state index in [1.165, 1.54) is 5.69 Å². The Kier molecular flexibility index (Phi) is 8.90. The lowest BCUT2D eigenvalue weighted by molar-refractivity contribution is 0.256. The molecule has 0 radical (unpaired) electrons. The van der Waals surface area contributed by atoms with Gasteiger partial charge in [-0.05, 0) is 49.7 Å². The molecule has 0 atom stereocenters. The van der Waals surface area contributed by atoms with Crippen LogP contribution >= 0.6 is 0 Å². The third-order valence-electron chi connectivity index (χ3n) is 5.39. The third kappa shape index (κ3) is 6.99. The molecule has 0 saturated carbocycles. The Morgan fingerprint density at radius 2 is 1.73 bits per heavy atom. The van der Waals surface area contributed by atoms with Gasteiger partial charge in [-0.2, -0.15) is 0 Å². The fourth-order valence-electron chi connectivity index (χ4n) is 3.67. The fourth-order valence-corrected chi connectivity index (χ4v) is 3.67. The Morgan fingerprint density at radius 1 is 1.00 bits per heavy atom. The molecule has 7 heteroatoms. The molecule has 164 valence electrons. The highest BCUT2D eigenvalue weighted by Gasteiger charge is 2.16. The van der Waals surface area contributed by atoms with E-state index in [4.69, 9.17) is 9.73 Å². The van der Waals surface area contributed by atoms with Crippen molar-refractivity contribution in [1.29, 1.82) is 0 Å². The largest absolute Gasteiger partial charge is 0.497 e. The van der Waals surface area contributed by atoms with Crippen LogP contribution in [0.1, 0.15) is 13.3 Å². The predicted molar refractivity (Wildman–Crippen MR) is 125 cm³/mol. The molecular weight excluding hydrogens is 376 g/mol. The van der Waals surface area contributed by atoms with E-state index in [0.717, 1.165) is 77.0 Å². The van der Waals surface area contributed by atoms with Crippen LogP contribution in [0.15, 0.2) is 53.8 Å². The van der Waals surface area contributed by atoms with Gasteiger partial charge in [0.15, 0.2) is 5.96 Å². The van der Waals surface area contributed by atoms with Gasteiger partial charge in [0.25, 0.3) is 0 Å². The average Bonchev–Trinajstić information content (AvgIpc) is 3.31. The molecule has 30 heavy (non-hydrogen) atoms. The molecule has 7 nitrogen and oxygen atoms in total. The fraction of sp³-hybridized carbons (Fsp3) is 0.522. The maximum absolute atomic E-state index is 5.25. The number of nitrogens with zero attached hydrogens (tertiary/aromatic N) is 4. The van der Waals surface area contributed by atoms with Crippen LogP contribution in [0, 0.1) is 0 Å². The summed E-state index contributed by atoms with van der Waals surface area (Å²) in [6.07, 6.45) is 5.25. The number of guanidine groups is 1. The van der Waals surface area contributed by atoms with Crippen LogP contribution in [0.5, 0.6) is 5.75 Å². The van der Waals surface area contributed by atoms with Crippen molar-refractivity contribution in [2.24, 2.45) is 4.99 Å². The van der Waals surface area contributed by atoms with Gasteiger partial charge in [-0.3, -0.25) is 9.89 Å². The molecule has 1 aliphatic heterocycles. The smallest absolute Gasteiger partial charge is 0.191 e. The number of methoxy groups -OCH3 is 1. The second-order valence-electron chi connectivity index (χ2n) is 7.49. The van der Waals surface area contributed by atoms with Gasteiger partial charge >= 0.3 is 0 Å². The predicted octanol–water partition coefficient (Wildman–Crippen LogP) is 2.26. The molecular formula is C23H36N6O. The number of aromatic nitrogens is 1. The summed E-state index contributed by atoms with van der Waals surface area (Å²) in [5.41, 5.74) is 1.28. The highest BCUT2D eigenvalue weighted by atomic mass is 16.5. The summed E-state index contributed by atoms with van der Waals surface area (Å²) in [7, 11) is 1.71. The molecule has 0 bridgehead atoms. The normalized spacial score (nSPS) is 15.3. The summed E-state index contributed by atoms with van der Waals surface area (Å²) in [4.78, 5) is 9.73. The Balaban J connectivity index is 1.33. The van der Waals surface area contributed by atoms with Crippen molar-refractivity contribution in [2.75, 3.05) is 64.4 Å². The first kappa shape index (κ1) is 22.0. The highest BCUT2D eigenvalue weighted by Crippen LogP contribution is 2.20. The number of piperazine rings is 1. The van der Waals surface area contributed by atoms with E-state index < -0.39 is 0 Å². The van der Waals surface area contributed by atoms with Crippen LogP contribution in [-0.2, 0) is 6.54 Å². The van der Waals surface area contributed by atoms with E-state index in [1.807, 2.05) is 12.1 Å². The molecule has 2 N–H and O–H groups in total. The third-order valence-corrected chi connectivity index (χ3v) is 5.39. The van der Waals surface area contributed by atoms with Gasteiger partial charge in [-0.25, -0.2) is 0 Å². The molecule has 0 unspecified atom stereocenters. The molecule has 1 aromatic carbocycles. The van der Waals surface area contributed by atoms with Crippen LogP contribution in [0.4, 0.5) is 5.69 Å². The molecule has 2 heterocycles. The van der Waals surface area contributed by atoms with Crippen LogP contribution in [0.3, 0.4) is 0 Å². The van der Waals surface area contributed by atoms with Crippen LogP contribution in [-0.4, -0.2) is 74.9 Å². The van der Waals surface area contributed by atoms with Crippen molar-refractivity contribution in [3.63, 3.8) is 0 Å². The second kappa shape index (κ2) is 12.1.